The van der Waals surface area contributed by atoms with E-state index in [-0.39, 0.29) is 0 Å². The molecule has 2 aromatic rings. The maximum Gasteiger partial charge on any atom is 0.119 e. The van der Waals surface area contributed by atoms with Gasteiger partial charge in [-0.1, -0.05) is 31.2 Å². The molecule has 0 fully saturated rings. The van der Waals surface area contributed by atoms with Gasteiger partial charge in [0, 0.05) is 12.2 Å². The van der Waals surface area contributed by atoms with Gasteiger partial charge in [-0.25, -0.2) is 0 Å². The zero-order chi connectivity index (χ0) is 14.4. The van der Waals surface area contributed by atoms with E-state index in [0.717, 1.165) is 18.7 Å². The van der Waals surface area contributed by atoms with Crippen molar-refractivity contribution in [2.45, 2.75) is 33.7 Å². The van der Waals surface area contributed by atoms with Gasteiger partial charge in [-0.15, -0.1) is 0 Å². The lowest BCUT2D eigenvalue weighted by molar-refractivity contribution is 0.340. The molecule has 0 amide bonds. The van der Waals surface area contributed by atoms with Gasteiger partial charge in [-0.2, -0.15) is 0 Å². The molecule has 0 radical (unpaired) electrons. The predicted molar refractivity (Wildman–Crippen MR) is 85.5 cm³/mol. The summed E-state index contributed by atoms with van der Waals surface area (Å²) in [4.78, 5) is 0. The second-order valence-electron chi connectivity index (χ2n) is 4.89. The third kappa shape index (κ3) is 3.53. The molecule has 0 bridgehead atoms. The predicted octanol–water partition coefficient (Wildman–Crippen LogP) is 4.57. The molecule has 0 saturated carbocycles. The van der Waals surface area contributed by atoms with Gasteiger partial charge in [0.25, 0.3) is 0 Å². The van der Waals surface area contributed by atoms with Crippen molar-refractivity contribution in [1.29, 1.82) is 0 Å². The number of benzene rings is 2. The molecule has 20 heavy (non-hydrogen) atoms. The molecule has 106 valence electrons. The second kappa shape index (κ2) is 6.99. The molecule has 0 atom stereocenters. The average Bonchev–Trinajstić information content (AvgIpc) is 2.47. The summed E-state index contributed by atoms with van der Waals surface area (Å²) in [5.74, 6) is 0.935. The van der Waals surface area contributed by atoms with E-state index in [0.29, 0.717) is 6.61 Å². The summed E-state index contributed by atoms with van der Waals surface area (Å²) in [5, 5.41) is 3.52. The molecular formula is C18H23NO. The number of ether oxygens (including phenoxy) is 1. The first-order chi connectivity index (χ1) is 9.74. The SMILES string of the molecule is CCOc1ccc(NCc2ccccc2CC)c(C)c1. The molecule has 2 aromatic carbocycles. The van der Waals surface area contributed by atoms with E-state index < -0.39 is 0 Å². The topological polar surface area (TPSA) is 21.3 Å². The summed E-state index contributed by atoms with van der Waals surface area (Å²) < 4.78 is 5.51. The quantitative estimate of drug-likeness (QED) is 0.829. The van der Waals surface area contributed by atoms with E-state index in [2.05, 4.69) is 55.6 Å². The van der Waals surface area contributed by atoms with Gasteiger partial charge in [0.1, 0.15) is 5.75 Å². The molecule has 0 aliphatic heterocycles. The van der Waals surface area contributed by atoms with Crippen LogP contribution in [-0.2, 0) is 13.0 Å². The van der Waals surface area contributed by atoms with Crippen LogP contribution < -0.4 is 10.1 Å². The normalized spacial score (nSPS) is 10.3. The first kappa shape index (κ1) is 14.4. The van der Waals surface area contributed by atoms with Gasteiger partial charge in [0.2, 0.25) is 0 Å². The molecule has 0 aliphatic rings. The van der Waals surface area contributed by atoms with Crippen molar-refractivity contribution in [3.8, 4) is 5.75 Å². The van der Waals surface area contributed by atoms with Gasteiger partial charge in [0.05, 0.1) is 6.61 Å². The zero-order valence-electron chi connectivity index (χ0n) is 12.6. The third-order valence-corrected chi connectivity index (χ3v) is 3.48. The van der Waals surface area contributed by atoms with Crippen LogP contribution in [0.1, 0.15) is 30.5 Å². The van der Waals surface area contributed by atoms with Crippen LogP contribution >= 0.6 is 0 Å². The lowest BCUT2D eigenvalue weighted by Gasteiger charge is -2.13. The summed E-state index contributed by atoms with van der Waals surface area (Å²) in [6.45, 7) is 7.87. The Morgan fingerprint density at radius 1 is 1.00 bits per heavy atom. The van der Waals surface area contributed by atoms with Crippen LogP contribution in [0, 0.1) is 6.92 Å². The Morgan fingerprint density at radius 3 is 2.40 bits per heavy atom. The minimum absolute atomic E-state index is 0.704. The molecule has 2 heteroatoms. The fraction of sp³-hybridized carbons (Fsp3) is 0.333. The molecule has 0 aromatic heterocycles. The van der Waals surface area contributed by atoms with Crippen LogP contribution in [0.25, 0.3) is 0 Å². The fourth-order valence-electron chi connectivity index (χ4n) is 2.36. The van der Waals surface area contributed by atoms with Gasteiger partial charge >= 0.3 is 0 Å². The summed E-state index contributed by atoms with van der Waals surface area (Å²) in [5.41, 5.74) is 5.15. The van der Waals surface area contributed by atoms with Crippen LogP contribution in [0.15, 0.2) is 42.5 Å². The summed E-state index contributed by atoms with van der Waals surface area (Å²) in [6.07, 6.45) is 1.07. The highest BCUT2D eigenvalue weighted by Crippen LogP contribution is 2.22. The molecule has 0 spiro atoms. The Bertz CT molecular complexity index is 563. The van der Waals surface area contributed by atoms with Crippen molar-refractivity contribution in [2.24, 2.45) is 0 Å². The Kier molecular flexibility index (Phi) is 5.05. The molecular weight excluding hydrogens is 246 g/mol. The third-order valence-electron chi connectivity index (χ3n) is 3.48. The summed E-state index contributed by atoms with van der Waals surface area (Å²) >= 11 is 0. The molecule has 0 heterocycles. The summed E-state index contributed by atoms with van der Waals surface area (Å²) in [7, 11) is 0. The highest BCUT2D eigenvalue weighted by Gasteiger charge is 2.03. The van der Waals surface area contributed by atoms with Crippen molar-refractivity contribution >= 4 is 5.69 Å². The minimum Gasteiger partial charge on any atom is -0.494 e. The van der Waals surface area contributed by atoms with E-state index >= 15 is 0 Å². The standard InChI is InChI=1S/C18H23NO/c1-4-15-8-6-7-9-16(15)13-19-18-11-10-17(20-5-2)12-14(18)3/h6-12,19H,4-5,13H2,1-3H3. The first-order valence-corrected chi connectivity index (χ1v) is 7.28. The fourth-order valence-corrected chi connectivity index (χ4v) is 2.36. The molecule has 0 unspecified atom stereocenters. The van der Waals surface area contributed by atoms with E-state index in [9.17, 15) is 0 Å². The Morgan fingerprint density at radius 2 is 1.75 bits per heavy atom. The van der Waals surface area contributed by atoms with Crippen LogP contribution in [-0.4, -0.2) is 6.61 Å². The van der Waals surface area contributed by atoms with Crippen LogP contribution in [0.5, 0.6) is 5.75 Å². The lowest BCUT2D eigenvalue weighted by atomic mass is 10.1. The van der Waals surface area contributed by atoms with Crippen molar-refractivity contribution in [2.75, 3.05) is 11.9 Å². The second-order valence-corrected chi connectivity index (χ2v) is 4.89. The maximum atomic E-state index is 5.51. The van der Waals surface area contributed by atoms with E-state index in [1.54, 1.807) is 0 Å². The van der Waals surface area contributed by atoms with E-state index in [4.69, 9.17) is 4.74 Å². The zero-order valence-corrected chi connectivity index (χ0v) is 12.6. The van der Waals surface area contributed by atoms with Crippen molar-refractivity contribution in [1.82, 2.24) is 0 Å². The van der Waals surface area contributed by atoms with E-state index in [1.165, 1.54) is 22.4 Å². The lowest BCUT2D eigenvalue weighted by Crippen LogP contribution is -2.04. The highest BCUT2D eigenvalue weighted by atomic mass is 16.5. The monoisotopic (exact) mass is 269 g/mol. The molecule has 0 saturated heterocycles. The van der Waals surface area contributed by atoms with Crippen molar-refractivity contribution in [3.05, 3.63) is 59.2 Å². The van der Waals surface area contributed by atoms with Gasteiger partial charge in [0.15, 0.2) is 0 Å². The Labute approximate surface area is 121 Å². The molecule has 2 nitrogen and oxygen atoms in total. The van der Waals surface area contributed by atoms with E-state index in [1.807, 2.05) is 13.0 Å². The smallest absolute Gasteiger partial charge is 0.119 e. The Hall–Kier alpha value is -1.96. The number of anilines is 1. The van der Waals surface area contributed by atoms with Crippen LogP contribution in [0.3, 0.4) is 0 Å². The minimum atomic E-state index is 0.704. The van der Waals surface area contributed by atoms with Crippen molar-refractivity contribution < 1.29 is 4.74 Å². The van der Waals surface area contributed by atoms with Gasteiger partial charge < -0.3 is 10.1 Å². The number of rotatable bonds is 6. The number of aryl methyl sites for hydroxylation is 2. The maximum absolute atomic E-state index is 5.51. The van der Waals surface area contributed by atoms with Gasteiger partial charge in [-0.05, 0) is 55.2 Å². The number of hydrogen-bond acceptors (Lipinski definition) is 2. The largest absolute Gasteiger partial charge is 0.494 e. The molecule has 2 rings (SSSR count). The van der Waals surface area contributed by atoms with Gasteiger partial charge in [-0.3, -0.25) is 0 Å². The number of nitrogens with one attached hydrogen (secondary N) is 1. The number of hydrogen-bond donors (Lipinski definition) is 1. The Balaban J connectivity index is 2.07. The van der Waals surface area contributed by atoms with Crippen molar-refractivity contribution in [3.63, 3.8) is 0 Å². The first-order valence-electron chi connectivity index (χ1n) is 7.28. The average molecular weight is 269 g/mol. The molecule has 1 N–H and O–H groups in total. The summed E-state index contributed by atoms with van der Waals surface area (Å²) in [6, 6.07) is 14.8. The van der Waals surface area contributed by atoms with Crippen LogP contribution in [0.2, 0.25) is 0 Å². The highest BCUT2D eigenvalue weighted by molar-refractivity contribution is 5.54. The van der Waals surface area contributed by atoms with Crippen LogP contribution in [0.4, 0.5) is 5.69 Å². The molecule has 0 aliphatic carbocycles.